The van der Waals surface area contributed by atoms with Gasteiger partial charge in [0.15, 0.2) is 0 Å². The highest BCUT2D eigenvalue weighted by Crippen LogP contribution is 2.59. The molecule has 1 aliphatic rings. The van der Waals surface area contributed by atoms with E-state index in [9.17, 15) is 0 Å². The minimum atomic E-state index is 0.777. The summed E-state index contributed by atoms with van der Waals surface area (Å²) in [5.74, 6) is 1.91. The number of hydrogen-bond acceptors (Lipinski definition) is 6. The molecular formula is C56H68O2S4. The van der Waals surface area contributed by atoms with Gasteiger partial charge in [-0.1, -0.05) is 166 Å². The van der Waals surface area contributed by atoms with E-state index in [1.807, 2.05) is 45.3 Å². The molecule has 0 spiro atoms. The van der Waals surface area contributed by atoms with E-state index in [2.05, 4.69) is 122 Å². The molecule has 0 fully saturated rings. The van der Waals surface area contributed by atoms with Crippen molar-refractivity contribution in [3.05, 3.63) is 129 Å². The summed E-state index contributed by atoms with van der Waals surface area (Å²) in [7, 11) is 0. The first-order chi connectivity index (χ1) is 30.7. The molecule has 0 saturated carbocycles. The van der Waals surface area contributed by atoms with Crippen LogP contribution >= 0.6 is 45.3 Å². The van der Waals surface area contributed by atoms with Crippen LogP contribution in [0.25, 0.3) is 41.8 Å². The largest absolute Gasteiger partial charge is 0.494 e. The van der Waals surface area contributed by atoms with Gasteiger partial charge in [0.2, 0.25) is 0 Å². The summed E-state index contributed by atoms with van der Waals surface area (Å²) in [5.41, 5.74) is 7.77. The van der Waals surface area contributed by atoms with Crippen molar-refractivity contribution in [1.82, 2.24) is 0 Å². The van der Waals surface area contributed by atoms with Crippen molar-refractivity contribution in [2.45, 2.75) is 142 Å². The Kier molecular flexibility index (Phi) is 19.1. The van der Waals surface area contributed by atoms with Gasteiger partial charge in [0.1, 0.15) is 11.5 Å². The van der Waals surface area contributed by atoms with Crippen LogP contribution in [-0.2, 0) is 0 Å². The second-order valence-electron chi connectivity index (χ2n) is 16.9. The third-order valence-electron chi connectivity index (χ3n) is 12.1. The lowest BCUT2D eigenvalue weighted by Crippen LogP contribution is -2.09. The zero-order valence-electron chi connectivity index (χ0n) is 37.4. The summed E-state index contributed by atoms with van der Waals surface area (Å²) in [6.45, 7) is 6.14. The fourth-order valence-corrected chi connectivity index (χ4v) is 12.3. The monoisotopic (exact) mass is 900 g/mol. The van der Waals surface area contributed by atoms with E-state index in [0.717, 1.165) is 37.6 Å². The minimum absolute atomic E-state index is 0.777. The molecule has 0 saturated heterocycles. The first-order valence-electron chi connectivity index (χ1n) is 24.0. The standard InChI is InChI=1S/C56H68O2S4/c1-3-5-7-9-11-13-15-17-19-21-39-57-45-31-27-43(28-32-45)53-55(51-37-35-49(61-51)47-25-23-41-59-47)54(56(53)52-38-36-50(62-52)48-26-24-42-60-48)44-29-33-46(34-30-44)58-40-22-20-18-16-14-12-10-8-6-4-2/h23-38,41-42H,3-22,39-40H2,1-2H3. The second kappa shape index (κ2) is 25.6. The van der Waals surface area contributed by atoms with Crippen molar-refractivity contribution in [3.63, 3.8) is 0 Å². The van der Waals surface area contributed by atoms with Crippen LogP contribution < -0.4 is 9.47 Å². The third-order valence-corrected chi connectivity index (χ3v) is 16.4. The number of benzene rings is 2. The van der Waals surface area contributed by atoms with Gasteiger partial charge in [-0.3, -0.25) is 0 Å². The average Bonchev–Trinajstić information content (AvgIpc) is 4.15. The fraction of sp³-hybridized carbons (Fsp3) is 0.429. The molecule has 0 aliphatic heterocycles. The molecule has 328 valence electrons. The van der Waals surface area contributed by atoms with Gasteiger partial charge in [-0.2, -0.15) is 0 Å². The maximum absolute atomic E-state index is 6.32. The number of thiophene rings is 4. The Hall–Kier alpha value is -3.68. The number of rotatable bonds is 30. The van der Waals surface area contributed by atoms with Crippen molar-refractivity contribution < 1.29 is 9.47 Å². The van der Waals surface area contributed by atoms with E-state index in [1.165, 1.54) is 178 Å². The van der Waals surface area contributed by atoms with Crippen LogP contribution in [0, 0.1) is 0 Å². The van der Waals surface area contributed by atoms with Crippen LogP contribution in [0.15, 0.2) is 108 Å². The Balaban J connectivity index is 1.07. The minimum Gasteiger partial charge on any atom is -0.494 e. The number of unbranched alkanes of at least 4 members (excludes halogenated alkanes) is 18. The molecule has 0 unspecified atom stereocenters. The van der Waals surface area contributed by atoms with Gasteiger partial charge in [-0.05, 0) is 95.4 Å². The van der Waals surface area contributed by atoms with Crippen LogP contribution in [-0.4, -0.2) is 13.2 Å². The van der Waals surface area contributed by atoms with Gasteiger partial charge in [0, 0.05) is 51.6 Å². The van der Waals surface area contributed by atoms with Gasteiger partial charge < -0.3 is 9.47 Å². The summed E-state index contributed by atoms with van der Waals surface area (Å²) in [5, 5.41) is 4.35. The third kappa shape index (κ3) is 13.2. The van der Waals surface area contributed by atoms with Gasteiger partial charge >= 0.3 is 0 Å². The molecule has 62 heavy (non-hydrogen) atoms. The summed E-state index contributed by atoms with van der Waals surface area (Å²) in [6, 6.07) is 35.9. The summed E-state index contributed by atoms with van der Waals surface area (Å²) < 4.78 is 12.6. The van der Waals surface area contributed by atoms with E-state index in [1.54, 1.807) is 0 Å². The maximum Gasteiger partial charge on any atom is 0.119 e. The second-order valence-corrected chi connectivity index (χ2v) is 21.0. The lowest BCUT2D eigenvalue weighted by Gasteiger charge is -2.32. The molecule has 6 aromatic rings. The first-order valence-corrected chi connectivity index (χ1v) is 27.4. The number of allylic oxidation sites excluding steroid dienone is 4. The fourth-order valence-electron chi connectivity index (χ4n) is 8.55. The molecule has 7 rings (SSSR count). The van der Waals surface area contributed by atoms with Gasteiger partial charge in [0.05, 0.1) is 13.2 Å². The predicted molar refractivity (Wildman–Crippen MR) is 276 cm³/mol. The molecule has 4 aromatic heterocycles. The van der Waals surface area contributed by atoms with E-state index in [4.69, 9.17) is 9.47 Å². The molecule has 2 aromatic carbocycles. The SMILES string of the molecule is CCCCCCCCCCCCOc1ccc(C2=C(c3ccc(-c4cccs4)s3)C(c3ccc(OCCCCCCCCCCCC)cc3)=C2c2ccc(-c3cccs3)s2)cc1. The zero-order chi connectivity index (χ0) is 42.6. The van der Waals surface area contributed by atoms with Crippen molar-refractivity contribution in [1.29, 1.82) is 0 Å². The highest BCUT2D eigenvalue weighted by molar-refractivity contribution is 7.23. The van der Waals surface area contributed by atoms with Crippen molar-refractivity contribution in [2.75, 3.05) is 13.2 Å². The highest BCUT2D eigenvalue weighted by atomic mass is 32.1. The van der Waals surface area contributed by atoms with E-state index < -0.39 is 0 Å². The molecule has 2 nitrogen and oxygen atoms in total. The molecule has 0 radical (unpaired) electrons. The molecule has 1 aliphatic carbocycles. The van der Waals surface area contributed by atoms with Crippen LogP contribution in [0.5, 0.6) is 11.5 Å². The highest BCUT2D eigenvalue weighted by Gasteiger charge is 2.35. The topological polar surface area (TPSA) is 18.5 Å². The summed E-state index contributed by atoms with van der Waals surface area (Å²) >= 11 is 7.43. The van der Waals surface area contributed by atoms with E-state index in [-0.39, 0.29) is 0 Å². The van der Waals surface area contributed by atoms with Gasteiger partial charge in [0.25, 0.3) is 0 Å². The number of hydrogen-bond donors (Lipinski definition) is 0. The Labute approximate surface area is 389 Å². The molecule has 0 amide bonds. The quantitative estimate of drug-likeness (QED) is 0.0419. The molecule has 0 N–H and O–H groups in total. The van der Waals surface area contributed by atoms with Crippen LogP contribution in [0.1, 0.15) is 163 Å². The maximum atomic E-state index is 6.32. The lowest BCUT2D eigenvalue weighted by atomic mass is 9.73. The van der Waals surface area contributed by atoms with Gasteiger partial charge in [-0.25, -0.2) is 0 Å². The lowest BCUT2D eigenvalue weighted by molar-refractivity contribution is 0.304. The molecule has 0 atom stereocenters. The average molecular weight is 901 g/mol. The molecular weight excluding hydrogens is 833 g/mol. The molecule has 4 heterocycles. The smallest absolute Gasteiger partial charge is 0.119 e. The molecule has 6 heteroatoms. The number of ether oxygens (including phenoxy) is 2. The van der Waals surface area contributed by atoms with Crippen molar-refractivity contribution >= 4 is 67.6 Å². The first kappa shape index (κ1) is 46.3. The predicted octanol–water partition coefficient (Wildman–Crippen LogP) is 19.4. The Morgan fingerprint density at radius 2 is 0.661 bits per heavy atom. The molecule has 0 bridgehead atoms. The van der Waals surface area contributed by atoms with Crippen LogP contribution in [0.3, 0.4) is 0 Å². The Morgan fingerprint density at radius 1 is 0.323 bits per heavy atom. The van der Waals surface area contributed by atoms with Crippen molar-refractivity contribution in [3.8, 4) is 31.0 Å². The summed E-state index contributed by atoms with van der Waals surface area (Å²) in [4.78, 5) is 7.88. The van der Waals surface area contributed by atoms with Crippen LogP contribution in [0.2, 0.25) is 0 Å². The van der Waals surface area contributed by atoms with Crippen molar-refractivity contribution in [2.24, 2.45) is 0 Å². The van der Waals surface area contributed by atoms with E-state index in [0.29, 0.717) is 0 Å². The van der Waals surface area contributed by atoms with E-state index >= 15 is 0 Å². The summed E-state index contributed by atoms with van der Waals surface area (Å²) in [6.07, 6.45) is 26.6. The Morgan fingerprint density at radius 3 is 1.00 bits per heavy atom. The zero-order valence-corrected chi connectivity index (χ0v) is 40.7. The van der Waals surface area contributed by atoms with Gasteiger partial charge in [-0.15, -0.1) is 45.3 Å². The van der Waals surface area contributed by atoms with Crippen LogP contribution in [0.4, 0.5) is 0 Å². The normalized spacial score (nSPS) is 12.7. The Bertz CT molecular complexity index is 2040.